The van der Waals surface area contributed by atoms with Gasteiger partial charge >= 0.3 is 0 Å². The van der Waals surface area contributed by atoms with Crippen LogP contribution in [0, 0.1) is 5.41 Å². The molecule has 1 spiro atoms. The van der Waals surface area contributed by atoms with E-state index < -0.39 is 0 Å². The molecule has 0 bridgehead atoms. The van der Waals surface area contributed by atoms with Gasteiger partial charge in [-0.1, -0.05) is 0 Å². The number of aromatic nitrogens is 2. The summed E-state index contributed by atoms with van der Waals surface area (Å²) >= 11 is 1.63. The largest absolute Gasteiger partial charge is 0.404 e. The molecule has 1 amide bonds. The molecule has 9 nitrogen and oxygen atoms in total. The van der Waals surface area contributed by atoms with Gasteiger partial charge < -0.3 is 20.7 Å². The maximum absolute atomic E-state index is 13.5. The zero-order chi connectivity index (χ0) is 24.6. The van der Waals surface area contributed by atoms with Gasteiger partial charge in [0.15, 0.2) is 0 Å². The van der Waals surface area contributed by atoms with Gasteiger partial charge in [-0.25, -0.2) is 9.97 Å². The van der Waals surface area contributed by atoms with E-state index in [0.29, 0.717) is 23.7 Å². The second-order valence-corrected chi connectivity index (χ2v) is 11.1. The van der Waals surface area contributed by atoms with Gasteiger partial charge in [0.25, 0.3) is 5.91 Å². The average Bonchev–Trinajstić information content (AvgIpc) is 3.46. The smallest absolute Gasteiger partial charge is 0.255 e. The van der Waals surface area contributed by atoms with E-state index in [4.69, 9.17) is 10.5 Å². The van der Waals surface area contributed by atoms with Gasteiger partial charge in [0.2, 0.25) is 5.95 Å². The predicted octanol–water partition coefficient (Wildman–Crippen LogP) is 2.92. The number of fused-ring (bicyclic) bond motifs is 1. The molecular formula is C25H33N7O2S. The van der Waals surface area contributed by atoms with Crippen molar-refractivity contribution in [2.75, 3.05) is 51.8 Å². The predicted molar refractivity (Wildman–Crippen MR) is 139 cm³/mol. The highest BCUT2D eigenvalue weighted by atomic mass is 32.1. The highest BCUT2D eigenvalue weighted by Gasteiger charge is 2.47. The Labute approximate surface area is 210 Å². The Hall–Kier alpha value is -2.82. The van der Waals surface area contributed by atoms with Gasteiger partial charge in [-0.2, -0.15) is 0 Å². The molecule has 0 atom stereocenters. The van der Waals surface area contributed by atoms with Crippen LogP contribution >= 0.6 is 11.3 Å². The lowest BCUT2D eigenvalue weighted by Crippen LogP contribution is -2.45. The molecule has 5 rings (SSSR count). The summed E-state index contributed by atoms with van der Waals surface area (Å²) in [7, 11) is 1.67. The third-order valence-corrected chi connectivity index (χ3v) is 8.67. The maximum atomic E-state index is 13.5. The zero-order valence-corrected chi connectivity index (χ0v) is 21.4. The SMILES string of the molecule is CN=C(C=CN)Nc1nccc(-c2cc3c(s2)C(C)(C)N(CCN2CCOCC4(CC4)C2)C3=O)n1. The molecule has 2 aromatic heterocycles. The summed E-state index contributed by atoms with van der Waals surface area (Å²) in [5.74, 6) is 1.09. The molecule has 3 aliphatic rings. The summed E-state index contributed by atoms with van der Waals surface area (Å²) in [6, 6.07) is 3.84. The van der Waals surface area contributed by atoms with Crippen molar-refractivity contribution in [1.82, 2.24) is 19.8 Å². The van der Waals surface area contributed by atoms with E-state index in [1.54, 1.807) is 30.7 Å². The van der Waals surface area contributed by atoms with Crippen LogP contribution in [0.2, 0.25) is 0 Å². The number of carbonyl (C=O) groups excluding carboxylic acids is 1. The molecule has 2 aliphatic heterocycles. The number of rotatable bonds is 6. The van der Waals surface area contributed by atoms with Crippen molar-refractivity contribution in [3.8, 4) is 10.6 Å². The van der Waals surface area contributed by atoms with E-state index in [0.717, 1.165) is 53.9 Å². The number of amidine groups is 1. The fraction of sp³-hybridized carbons (Fsp3) is 0.520. The van der Waals surface area contributed by atoms with Crippen molar-refractivity contribution < 1.29 is 9.53 Å². The lowest BCUT2D eigenvalue weighted by molar-refractivity contribution is 0.0583. The molecule has 2 fully saturated rings. The topological polar surface area (TPSA) is 109 Å². The number of anilines is 1. The molecule has 3 N–H and O–H groups in total. The number of hydrogen-bond acceptors (Lipinski definition) is 8. The van der Waals surface area contributed by atoms with Crippen LogP contribution in [0.3, 0.4) is 0 Å². The monoisotopic (exact) mass is 495 g/mol. The Kier molecular flexibility index (Phi) is 6.37. The normalized spacial score (nSPS) is 21.5. The van der Waals surface area contributed by atoms with Gasteiger partial charge in [0, 0.05) is 49.7 Å². The molecule has 2 aromatic rings. The highest BCUT2D eigenvalue weighted by Crippen LogP contribution is 2.48. The number of aliphatic imine (C=N–C) groups is 1. The summed E-state index contributed by atoms with van der Waals surface area (Å²) in [4.78, 5) is 33.0. The van der Waals surface area contributed by atoms with Crippen molar-refractivity contribution in [1.29, 1.82) is 0 Å². The van der Waals surface area contributed by atoms with E-state index >= 15 is 0 Å². The van der Waals surface area contributed by atoms with Crippen LogP contribution in [0.4, 0.5) is 5.95 Å². The molecule has 1 saturated carbocycles. The number of ether oxygens (including phenoxy) is 1. The molecule has 1 saturated heterocycles. The Bertz CT molecular complexity index is 1170. The second kappa shape index (κ2) is 9.33. The van der Waals surface area contributed by atoms with Crippen LogP contribution in [-0.2, 0) is 10.3 Å². The zero-order valence-electron chi connectivity index (χ0n) is 20.6. The van der Waals surface area contributed by atoms with Crippen molar-refractivity contribution in [3.05, 3.63) is 41.0 Å². The second-order valence-electron chi connectivity index (χ2n) is 10.1. The fourth-order valence-electron chi connectivity index (χ4n) is 4.96. The van der Waals surface area contributed by atoms with Crippen molar-refractivity contribution in [2.45, 2.75) is 32.2 Å². The summed E-state index contributed by atoms with van der Waals surface area (Å²) in [6.45, 7) is 9.55. The summed E-state index contributed by atoms with van der Waals surface area (Å²) < 4.78 is 5.83. The summed E-state index contributed by atoms with van der Waals surface area (Å²) in [5.41, 5.74) is 7.02. The minimum Gasteiger partial charge on any atom is -0.404 e. The summed E-state index contributed by atoms with van der Waals surface area (Å²) in [6.07, 6.45) is 7.27. The first-order chi connectivity index (χ1) is 16.8. The Morgan fingerprint density at radius 1 is 1.37 bits per heavy atom. The van der Waals surface area contributed by atoms with Gasteiger partial charge in [-0.15, -0.1) is 11.3 Å². The fourth-order valence-corrected chi connectivity index (χ4v) is 6.19. The third kappa shape index (κ3) is 4.70. The number of thiophene rings is 1. The van der Waals surface area contributed by atoms with Crippen molar-refractivity contribution in [3.63, 3.8) is 0 Å². The number of nitrogens with zero attached hydrogens (tertiary/aromatic N) is 5. The molecule has 35 heavy (non-hydrogen) atoms. The van der Waals surface area contributed by atoms with Crippen molar-refractivity contribution in [2.24, 2.45) is 16.1 Å². The number of hydrogen-bond donors (Lipinski definition) is 2. The van der Waals surface area contributed by atoms with E-state index in [2.05, 4.69) is 39.0 Å². The first-order valence-corrected chi connectivity index (χ1v) is 12.9. The number of amides is 1. The van der Waals surface area contributed by atoms with Gasteiger partial charge in [-0.3, -0.25) is 14.7 Å². The minimum atomic E-state index is -0.364. The first kappa shape index (κ1) is 23.9. The van der Waals surface area contributed by atoms with Crippen LogP contribution in [-0.4, -0.2) is 78.0 Å². The van der Waals surface area contributed by atoms with Crippen LogP contribution < -0.4 is 11.1 Å². The highest BCUT2D eigenvalue weighted by molar-refractivity contribution is 7.16. The molecule has 10 heteroatoms. The van der Waals surface area contributed by atoms with Crippen LogP contribution in [0.5, 0.6) is 0 Å². The molecule has 0 radical (unpaired) electrons. The van der Waals surface area contributed by atoms with Crippen LogP contribution in [0.25, 0.3) is 10.6 Å². The van der Waals surface area contributed by atoms with Gasteiger partial charge in [0.1, 0.15) is 5.84 Å². The summed E-state index contributed by atoms with van der Waals surface area (Å²) in [5, 5.41) is 3.06. The minimum absolute atomic E-state index is 0.0978. The van der Waals surface area contributed by atoms with E-state index in [1.165, 1.54) is 19.0 Å². The number of carbonyl (C=O) groups is 1. The van der Waals surface area contributed by atoms with Gasteiger partial charge in [-0.05, 0) is 51.1 Å². The molecule has 186 valence electrons. The molecule has 0 unspecified atom stereocenters. The van der Waals surface area contributed by atoms with Crippen LogP contribution in [0.1, 0.15) is 41.9 Å². The molecular weight excluding hydrogens is 462 g/mol. The third-order valence-electron chi connectivity index (χ3n) is 7.20. The van der Waals surface area contributed by atoms with E-state index in [1.807, 2.05) is 17.0 Å². The number of nitrogens with one attached hydrogen (secondary N) is 1. The molecule has 4 heterocycles. The average molecular weight is 496 g/mol. The van der Waals surface area contributed by atoms with Crippen LogP contribution in [0.15, 0.2) is 35.6 Å². The molecule has 1 aliphatic carbocycles. The standard InChI is InChI=1S/C25H33N7O2S/c1-24(2)21-17(22(33)32(24)11-10-31-12-13-34-16-25(15-31)6-7-25)14-19(35-21)18-5-9-28-23(29-18)30-20(27-3)4-8-26/h4-5,8-9,14H,6-7,10-13,15-16,26H2,1-3H3,(H,27,28,29,30). The molecule has 0 aromatic carbocycles. The Morgan fingerprint density at radius 2 is 2.20 bits per heavy atom. The quantitative estimate of drug-likeness (QED) is 0.468. The lowest BCUT2D eigenvalue weighted by atomic mass is 10.0. The van der Waals surface area contributed by atoms with E-state index in [-0.39, 0.29) is 11.4 Å². The maximum Gasteiger partial charge on any atom is 0.255 e. The van der Waals surface area contributed by atoms with E-state index in [9.17, 15) is 4.79 Å². The lowest BCUT2D eigenvalue weighted by Gasteiger charge is -2.34. The van der Waals surface area contributed by atoms with Gasteiger partial charge in [0.05, 0.1) is 34.9 Å². The Morgan fingerprint density at radius 3 is 2.91 bits per heavy atom. The van der Waals surface area contributed by atoms with Crippen molar-refractivity contribution >= 4 is 29.0 Å². The number of nitrogens with two attached hydrogens (primary N) is 1. The Balaban J connectivity index is 1.31. The first-order valence-electron chi connectivity index (χ1n) is 12.1.